The second kappa shape index (κ2) is 18.4. The van der Waals surface area contributed by atoms with E-state index in [1.807, 2.05) is 0 Å². The van der Waals surface area contributed by atoms with Gasteiger partial charge in [0.2, 0.25) is 0 Å². The van der Waals surface area contributed by atoms with Crippen molar-refractivity contribution in [2.75, 3.05) is 0 Å². The summed E-state index contributed by atoms with van der Waals surface area (Å²) in [4.78, 5) is 0. The monoisotopic (exact) mass is 858 g/mol. The summed E-state index contributed by atoms with van der Waals surface area (Å²) < 4.78 is 0. The van der Waals surface area contributed by atoms with Crippen LogP contribution in [0.2, 0.25) is 0 Å². The minimum Gasteiger partial charge on any atom is -0.0622 e. The summed E-state index contributed by atoms with van der Waals surface area (Å²) in [5, 5.41) is 10.7. The summed E-state index contributed by atoms with van der Waals surface area (Å²) in [5.41, 5.74) is 15.8. The molecular formula is C62H52P2. The maximum atomic E-state index is 2.48. The van der Waals surface area contributed by atoms with Gasteiger partial charge in [-0.05, 0) is 143 Å². The van der Waals surface area contributed by atoms with E-state index < -0.39 is 15.8 Å². The van der Waals surface area contributed by atoms with Crippen molar-refractivity contribution in [1.82, 2.24) is 0 Å². The molecule has 0 radical (unpaired) electrons. The molecule has 64 heavy (non-hydrogen) atoms. The zero-order valence-electron chi connectivity index (χ0n) is 37.1. The number of hydrogen-bond donors (Lipinski definition) is 0. The molecule has 0 aromatic heterocycles. The Morgan fingerprint density at radius 3 is 0.891 bits per heavy atom. The molecule has 0 aliphatic rings. The molecule has 10 aromatic carbocycles. The topological polar surface area (TPSA) is 0 Å². The first-order valence-electron chi connectivity index (χ1n) is 22.4. The van der Waals surface area contributed by atoms with Gasteiger partial charge >= 0.3 is 0 Å². The highest BCUT2D eigenvalue weighted by Gasteiger charge is 2.28. The molecule has 0 fully saturated rings. The van der Waals surface area contributed by atoms with E-state index in [9.17, 15) is 0 Å². The van der Waals surface area contributed by atoms with Gasteiger partial charge in [-0.25, -0.2) is 0 Å². The Morgan fingerprint density at radius 1 is 0.297 bits per heavy atom. The minimum atomic E-state index is -0.816. The molecule has 0 aliphatic carbocycles. The molecule has 10 aromatic rings. The van der Waals surface area contributed by atoms with Crippen LogP contribution in [-0.4, -0.2) is 0 Å². The van der Waals surface area contributed by atoms with Crippen LogP contribution in [0.15, 0.2) is 218 Å². The van der Waals surface area contributed by atoms with Gasteiger partial charge in [0.25, 0.3) is 0 Å². The second-order valence-corrected chi connectivity index (χ2v) is 21.7. The lowest BCUT2D eigenvalue weighted by Crippen LogP contribution is -2.15. The van der Waals surface area contributed by atoms with Crippen LogP contribution < -0.4 is 21.2 Å². The maximum absolute atomic E-state index is 2.48. The Bertz CT molecular complexity index is 2890. The van der Waals surface area contributed by atoms with Gasteiger partial charge in [0.05, 0.1) is 0 Å². The highest BCUT2D eigenvalue weighted by atomic mass is 31.1. The molecule has 0 unspecified atom stereocenters. The van der Waals surface area contributed by atoms with E-state index in [1.54, 1.807) is 0 Å². The third-order valence-electron chi connectivity index (χ3n) is 12.7. The maximum Gasteiger partial charge on any atom is 0.00200 e. The molecule has 0 nitrogen and oxygen atoms in total. The number of benzene rings is 10. The van der Waals surface area contributed by atoms with Crippen molar-refractivity contribution in [3.63, 3.8) is 0 Å². The van der Waals surface area contributed by atoms with Crippen molar-refractivity contribution >= 4 is 58.6 Å². The lowest BCUT2D eigenvalue weighted by molar-refractivity contribution is 1.37. The first kappa shape index (κ1) is 41.6. The van der Waals surface area contributed by atoms with E-state index in [2.05, 4.69) is 246 Å². The summed E-state index contributed by atoms with van der Waals surface area (Å²) >= 11 is 0. The number of aryl methyl sites for hydroxylation is 4. The van der Waals surface area contributed by atoms with Crippen molar-refractivity contribution in [1.29, 1.82) is 0 Å². The molecule has 0 bridgehead atoms. The van der Waals surface area contributed by atoms with Crippen LogP contribution in [0, 0.1) is 27.7 Å². The van der Waals surface area contributed by atoms with Crippen molar-refractivity contribution < 1.29 is 0 Å². The van der Waals surface area contributed by atoms with E-state index in [0.29, 0.717) is 0 Å². The second-order valence-electron chi connectivity index (χ2n) is 17.2. The predicted octanol–water partition coefficient (Wildman–Crippen LogP) is 15.5. The van der Waals surface area contributed by atoms with Gasteiger partial charge in [-0.15, -0.1) is 0 Å². The summed E-state index contributed by atoms with van der Waals surface area (Å²) in [7, 11) is -1.63. The average molecular weight is 859 g/mol. The Kier molecular flexibility index (Phi) is 11.9. The van der Waals surface area contributed by atoms with Crippen LogP contribution in [0.4, 0.5) is 0 Å². The van der Waals surface area contributed by atoms with Crippen LogP contribution in [0.1, 0.15) is 33.4 Å². The first-order chi connectivity index (χ1) is 31.4. The molecule has 0 saturated heterocycles. The highest BCUT2D eigenvalue weighted by Crippen LogP contribution is 2.53. The van der Waals surface area contributed by atoms with Gasteiger partial charge in [0.15, 0.2) is 0 Å². The largest absolute Gasteiger partial charge is 0.0622 e. The quantitative estimate of drug-likeness (QED) is 0.114. The molecule has 2 heteroatoms. The van der Waals surface area contributed by atoms with Crippen molar-refractivity contribution in [3.8, 4) is 33.4 Å². The Labute approximate surface area is 381 Å². The van der Waals surface area contributed by atoms with Gasteiger partial charge in [-0.3, -0.25) is 0 Å². The fourth-order valence-electron chi connectivity index (χ4n) is 9.31. The Morgan fingerprint density at radius 2 is 0.578 bits per heavy atom. The minimum absolute atomic E-state index is 0.816. The van der Waals surface area contributed by atoms with Crippen molar-refractivity contribution in [3.05, 3.63) is 252 Å². The van der Waals surface area contributed by atoms with Gasteiger partial charge < -0.3 is 0 Å². The lowest BCUT2D eigenvalue weighted by Gasteiger charge is -2.29. The molecule has 310 valence electrons. The summed E-state index contributed by atoms with van der Waals surface area (Å²) in [6.07, 6.45) is 1.78. The molecule has 0 amide bonds. The Hall–Kier alpha value is -6.42. The molecule has 0 aliphatic heterocycles. The van der Waals surface area contributed by atoms with E-state index >= 15 is 0 Å². The third kappa shape index (κ3) is 8.50. The highest BCUT2D eigenvalue weighted by molar-refractivity contribution is 7.72. The summed E-state index contributed by atoms with van der Waals surface area (Å²) in [6, 6.07) is 83.1. The van der Waals surface area contributed by atoms with E-state index in [-0.39, 0.29) is 0 Å². The van der Waals surface area contributed by atoms with Gasteiger partial charge in [0, 0.05) is 12.3 Å². The van der Waals surface area contributed by atoms with Crippen molar-refractivity contribution in [2.45, 2.75) is 40.0 Å². The van der Waals surface area contributed by atoms with Crippen LogP contribution in [0.3, 0.4) is 0 Å². The fourth-order valence-corrected chi connectivity index (χ4v) is 14.0. The molecule has 0 saturated carbocycles. The van der Waals surface area contributed by atoms with Crippen LogP contribution in [-0.2, 0) is 12.3 Å². The molecule has 0 N–H and O–H groups in total. The van der Waals surface area contributed by atoms with Gasteiger partial charge in [-0.2, -0.15) is 0 Å². The molecule has 10 rings (SSSR count). The molecule has 0 atom stereocenters. The molecular weight excluding hydrogens is 807 g/mol. The Balaban J connectivity index is 1.35. The number of hydrogen-bond acceptors (Lipinski definition) is 0. The number of fused-ring (bicyclic) bond motifs is 2. The van der Waals surface area contributed by atoms with Crippen LogP contribution >= 0.6 is 15.8 Å². The summed E-state index contributed by atoms with van der Waals surface area (Å²) in [5.74, 6) is 0. The number of rotatable bonds is 11. The first-order valence-corrected chi connectivity index (χ1v) is 25.5. The average Bonchev–Trinajstić information content (AvgIpc) is 3.34. The normalized spacial score (nSPS) is 11.5. The fraction of sp³-hybridized carbons (Fsp3) is 0.0968. The van der Waals surface area contributed by atoms with Crippen molar-refractivity contribution in [2.24, 2.45) is 0 Å². The van der Waals surface area contributed by atoms with E-state index in [1.165, 1.54) is 110 Å². The standard InChI is InChI=1S/C62H52P2/c1-43-23-31-51(32-24-43)63(52-33-25-44(2)26-34-52)41-59-57(47-15-7-5-8-16-47)39-49-19-11-13-21-55(49)61(59)62-56-22-14-12-20-50(56)40-58(48-17-9-6-10-18-48)60(62)42-64(53-35-27-45(3)28-36-53)54-37-29-46(4)30-38-54/h5-40H,41-42H2,1-4H3. The predicted molar refractivity (Wildman–Crippen MR) is 282 cm³/mol. The van der Waals surface area contributed by atoms with E-state index in [0.717, 1.165) is 12.3 Å². The smallest absolute Gasteiger partial charge is 0.00200 e. The molecule has 0 heterocycles. The van der Waals surface area contributed by atoms with Gasteiger partial charge in [0.1, 0.15) is 0 Å². The third-order valence-corrected chi connectivity index (χ3v) is 17.7. The lowest BCUT2D eigenvalue weighted by atomic mass is 9.82. The summed E-state index contributed by atoms with van der Waals surface area (Å²) in [6.45, 7) is 8.78. The SMILES string of the molecule is Cc1ccc(P(Cc2c(-c3ccccc3)cc3ccccc3c2-c2c(CP(c3ccc(C)cc3)c3ccc(C)cc3)c(-c3ccccc3)cc3ccccc23)c2ccc(C)cc2)cc1. The van der Waals surface area contributed by atoms with E-state index in [4.69, 9.17) is 0 Å². The molecule has 0 spiro atoms. The zero-order chi connectivity index (χ0) is 43.6. The van der Waals surface area contributed by atoms with Gasteiger partial charge in [-0.1, -0.05) is 229 Å². The zero-order valence-corrected chi connectivity index (χ0v) is 38.9. The van der Waals surface area contributed by atoms with Crippen LogP contribution in [0.25, 0.3) is 54.9 Å². The van der Waals surface area contributed by atoms with Crippen LogP contribution in [0.5, 0.6) is 0 Å².